The van der Waals surface area contributed by atoms with Gasteiger partial charge in [-0.1, -0.05) is 30.3 Å². The molecule has 32 heavy (non-hydrogen) atoms. The maximum atomic E-state index is 11.0. The van der Waals surface area contributed by atoms with Crippen LogP contribution in [-0.2, 0) is 17.8 Å². The molecule has 0 spiro atoms. The minimum absolute atomic E-state index is 0.0630. The summed E-state index contributed by atoms with van der Waals surface area (Å²) < 4.78 is 16.9. The number of hydrogen-bond acceptors (Lipinski definition) is 6. The standard InChI is InChI=1S/C25H22N2O5/c1-30-21-12-9-19(15-26-21)24-25(32-22(27-24)13-14-23(28)29)18-7-10-20(11-8-18)31-16-17-5-3-2-4-6-17/h2-12,15H,13-14,16H2,1H3,(H,28,29). The van der Waals surface area contributed by atoms with Gasteiger partial charge in [-0.05, 0) is 35.9 Å². The van der Waals surface area contributed by atoms with Gasteiger partial charge in [0.25, 0.3) is 0 Å². The number of aromatic nitrogens is 2. The molecule has 162 valence electrons. The Morgan fingerprint density at radius 2 is 1.75 bits per heavy atom. The fraction of sp³-hybridized carbons (Fsp3) is 0.160. The largest absolute Gasteiger partial charge is 0.489 e. The van der Waals surface area contributed by atoms with Crippen molar-refractivity contribution < 1.29 is 23.8 Å². The molecular formula is C25H22N2O5. The van der Waals surface area contributed by atoms with E-state index in [0.717, 1.165) is 22.4 Å². The second-order valence-corrected chi connectivity index (χ2v) is 7.07. The van der Waals surface area contributed by atoms with E-state index in [4.69, 9.17) is 19.0 Å². The summed E-state index contributed by atoms with van der Waals surface area (Å²) in [4.78, 5) is 19.8. The van der Waals surface area contributed by atoms with Gasteiger partial charge in [0.05, 0.1) is 13.5 Å². The van der Waals surface area contributed by atoms with E-state index < -0.39 is 5.97 Å². The topological polar surface area (TPSA) is 94.7 Å². The number of rotatable bonds is 9. The molecule has 2 heterocycles. The molecule has 0 saturated carbocycles. The first kappa shape index (κ1) is 21.1. The Bertz CT molecular complexity index is 1170. The van der Waals surface area contributed by atoms with Gasteiger partial charge in [-0.15, -0.1) is 0 Å². The van der Waals surface area contributed by atoms with Gasteiger partial charge < -0.3 is 19.0 Å². The summed E-state index contributed by atoms with van der Waals surface area (Å²) in [5.74, 6) is 1.22. The molecule has 7 nitrogen and oxygen atoms in total. The Kier molecular flexibility index (Phi) is 6.46. The maximum Gasteiger partial charge on any atom is 0.303 e. The minimum Gasteiger partial charge on any atom is -0.489 e. The van der Waals surface area contributed by atoms with Gasteiger partial charge in [-0.3, -0.25) is 4.79 Å². The number of oxazole rings is 1. The molecule has 0 bridgehead atoms. The zero-order valence-electron chi connectivity index (χ0n) is 17.5. The maximum absolute atomic E-state index is 11.0. The number of pyridine rings is 1. The van der Waals surface area contributed by atoms with E-state index in [1.807, 2.05) is 60.7 Å². The molecule has 1 N–H and O–H groups in total. The van der Waals surface area contributed by atoms with Gasteiger partial charge in [0.2, 0.25) is 5.88 Å². The average Bonchev–Trinajstić information content (AvgIpc) is 3.27. The molecule has 0 aliphatic heterocycles. The summed E-state index contributed by atoms with van der Waals surface area (Å²) >= 11 is 0. The van der Waals surface area contributed by atoms with Crippen LogP contribution in [0.3, 0.4) is 0 Å². The van der Waals surface area contributed by atoms with Crippen molar-refractivity contribution in [2.24, 2.45) is 0 Å². The quantitative estimate of drug-likeness (QED) is 0.399. The molecule has 0 atom stereocenters. The van der Waals surface area contributed by atoms with Gasteiger partial charge in [-0.25, -0.2) is 9.97 Å². The molecule has 7 heteroatoms. The fourth-order valence-electron chi connectivity index (χ4n) is 3.16. The third-order valence-corrected chi connectivity index (χ3v) is 4.81. The molecule has 0 aliphatic carbocycles. The third-order valence-electron chi connectivity index (χ3n) is 4.81. The van der Waals surface area contributed by atoms with Crippen molar-refractivity contribution in [1.29, 1.82) is 0 Å². The summed E-state index contributed by atoms with van der Waals surface area (Å²) in [5.41, 5.74) is 3.23. The molecule has 0 radical (unpaired) electrons. The van der Waals surface area contributed by atoms with Crippen LogP contribution in [0.25, 0.3) is 22.6 Å². The van der Waals surface area contributed by atoms with Crippen LogP contribution in [0.5, 0.6) is 11.6 Å². The molecule has 4 rings (SSSR count). The normalized spacial score (nSPS) is 10.7. The Balaban J connectivity index is 1.59. The van der Waals surface area contributed by atoms with Crippen LogP contribution in [0.2, 0.25) is 0 Å². The van der Waals surface area contributed by atoms with Crippen molar-refractivity contribution in [1.82, 2.24) is 9.97 Å². The van der Waals surface area contributed by atoms with Crippen molar-refractivity contribution >= 4 is 5.97 Å². The Labute approximate surface area is 185 Å². The molecule has 2 aromatic heterocycles. The first-order valence-electron chi connectivity index (χ1n) is 10.1. The zero-order valence-corrected chi connectivity index (χ0v) is 17.5. The summed E-state index contributed by atoms with van der Waals surface area (Å²) in [7, 11) is 1.55. The highest BCUT2D eigenvalue weighted by Crippen LogP contribution is 2.34. The second kappa shape index (κ2) is 9.78. The van der Waals surface area contributed by atoms with Gasteiger partial charge in [-0.2, -0.15) is 0 Å². The van der Waals surface area contributed by atoms with Crippen LogP contribution in [0.15, 0.2) is 77.3 Å². The minimum atomic E-state index is -0.905. The average molecular weight is 430 g/mol. The van der Waals surface area contributed by atoms with E-state index in [0.29, 0.717) is 29.8 Å². The number of nitrogens with zero attached hydrogens (tertiary/aromatic N) is 2. The lowest BCUT2D eigenvalue weighted by Gasteiger charge is -2.07. The van der Waals surface area contributed by atoms with Crippen LogP contribution < -0.4 is 9.47 Å². The van der Waals surface area contributed by atoms with Crippen LogP contribution >= 0.6 is 0 Å². The molecule has 0 fully saturated rings. The highest BCUT2D eigenvalue weighted by Gasteiger charge is 2.18. The predicted molar refractivity (Wildman–Crippen MR) is 118 cm³/mol. The lowest BCUT2D eigenvalue weighted by molar-refractivity contribution is -0.137. The van der Waals surface area contributed by atoms with Crippen LogP contribution in [0.4, 0.5) is 0 Å². The number of benzene rings is 2. The van der Waals surface area contributed by atoms with E-state index in [2.05, 4.69) is 9.97 Å². The summed E-state index contributed by atoms with van der Waals surface area (Å²) in [5, 5.41) is 9.00. The molecule has 0 amide bonds. The first-order chi connectivity index (χ1) is 15.6. The lowest BCUT2D eigenvalue weighted by atomic mass is 10.1. The van der Waals surface area contributed by atoms with Gasteiger partial charge in [0.1, 0.15) is 18.1 Å². The van der Waals surface area contributed by atoms with Gasteiger partial charge in [0.15, 0.2) is 11.7 Å². The lowest BCUT2D eigenvalue weighted by Crippen LogP contribution is -1.97. The van der Waals surface area contributed by atoms with Crippen LogP contribution in [-0.4, -0.2) is 28.2 Å². The zero-order chi connectivity index (χ0) is 22.3. The predicted octanol–water partition coefficient (Wildman–Crippen LogP) is 5.01. The summed E-state index contributed by atoms with van der Waals surface area (Å²) in [6.45, 7) is 0.477. The molecule has 0 aliphatic rings. The molecule has 0 unspecified atom stereocenters. The van der Waals surface area contributed by atoms with Crippen molar-refractivity contribution in [3.63, 3.8) is 0 Å². The first-order valence-corrected chi connectivity index (χ1v) is 10.1. The van der Waals surface area contributed by atoms with E-state index in [1.54, 1.807) is 19.4 Å². The third kappa shape index (κ3) is 5.13. The summed E-state index contributed by atoms with van der Waals surface area (Å²) in [6, 6.07) is 21.0. The highest BCUT2D eigenvalue weighted by molar-refractivity contribution is 5.77. The van der Waals surface area contributed by atoms with Crippen LogP contribution in [0, 0.1) is 0 Å². The Morgan fingerprint density at radius 3 is 2.41 bits per heavy atom. The van der Waals surface area contributed by atoms with Crippen molar-refractivity contribution in [2.45, 2.75) is 19.4 Å². The number of aliphatic carboxylic acids is 1. The molecular weight excluding hydrogens is 408 g/mol. The number of carbonyl (C=O) groups is 1. The van der Waals surface area contributed by atoms with Crippen molar-refractivity contribution in [3.05, 3.63) is 84.4 Å². The molecule has 4 aromatic rings. The van der Waals surface area contributed by atoms with E-state index in [9.17, 15) is 4.79 Å². The number of carboxylic acid groups (broad SMARTS) is 1. The van der Waals surface area contributed by atoms with Gasteiger partial charge in [0, 0.05) is 29.8 Å². The number of aryl methyl sites for hydroxylation is 1. The summed E-state index contributed by atoms with van der Waals surface area (Å²) in [6.07, 6.45) is 1.79. The monoisotopic (exact) mass is 430 g/mol. The van der Waals surface area contributed by atoms with Crippen LogP contribution in [0.1, 0.15) is 17.9 Å². The second-order valence-electron chi connectivity index (χ2n) is 7.07. The Morgan fingerprint density at radius 1 is 1.00 bits per heavy atom. The fourth-order valence-corrected chi connectivity index (χ4v) is 3.16. The van der Waals surface area contributed by atoms with E-state index in [1.165, 1.54) is 0 Å². The van der Waals surface area contributed by atoms with Crippen molar-refractivity contribution in [3.8, 4) is 34.2 Å². The Hall–Kier alpha value is -4.13. The van der Waals surface area contributed by atoms with Crippen molar-refractivity contribution in [2.75, 3.05) is 7.11 Å². The highest BCUT2D eigenvalue weighted by atomic mass is 16.5. The number of methoxy groups -OCH3 is 1. The van der Waals surface area contributed by atoms with Gasteiger partial charge >= 0.3 is 5.97 Å². The van der Waals surface area contributed by atoms with E-state index in [-0.39, 0.29) is 12.8 Å². The molecule has 2 aromatic carbocycles. The number of hydrogen-bond donors (Lipinski definition) is 1. The SMILES string of the molecule is COc1ccc(-c2nc(CCC(=O)O)oc2-c2ccc(OCc3ccccc3)cc2)cn1. The smallest absolute Gasteiger partial charge is 0.303 e. The van der Waals surface area contributed by atoms with E-state index >= 15 is 0 Å². The number of carboxylic acids is 1. The number of ether oxygens (including phenoxy) is 2. The molecule has 0 saturated heterocycles.